The van der Waals surface area contributed by atoms with Crippen LogP contribution in [0.1, 0.15) is 108 Å². The van der Waals surface area contributed by atoms with E-state index in [9.17, 15) is 18.4 Å². The van der Waals surface area contributed by atoms with Gasteiger partial charge >= 0.3 is 0 Å². The predicted octanol–water partition coefficient (Wildman–Crippen LogP) is 6.94. The van der Waals surface area contributed by atoms with Crippen LogP contribution in [-0.4, -0.2) is 40.4 Å². The number of aliphatic imine (C=N–C) groups is 1. The third kappa shape index (κ3) is 8.06. The Bertz CT molecular complexity index is 1340. The smallest absolute Gasteiger partial charge is 0.275 e. The first kappa shape index (κ1) is 34.1. The maximum absolute atomic E-state index is 14.4. The molecule has 0 aromatic heterocycles. The quantitative estimate of drug-likeness (QED) is 0.115. The number of carbonyl (C=O) groups excluding carboxylic acids is 2. The number of hydrogen-bond acceptors (Lipinski definition) is 6. The van der Waals surface area contributed by atoms with E-state index in [1.807, 2.05) is 17.0 Å². The molecule has 4 N–H and O–H groups in total. The fourth-order valence-corrected chi connectivity index (χ4v) is 6.79. The zero-order valence-corrected chi connectivity index (χ0v) is 27.6. The van der Waals surface area contributed by atoms with Crippen molar-refractivity contribution in [1.82, 2.24) is 15.0 Å². The lowest BCUT2D eigenvalue weighted by Crippen LogP contribution is -2.51. The largest absolute Gasteiger partial charge is 0.351 e. The third-order valence-electron chi connectivity index (χ3n) is 8.95. The third-order valence-corrected chi connectivity index (χ3v) is 9.52. The fraction of sp³-hybridized carbons (Fsp3) is 0.559. The fourth-order valence-electron chi connectivity index (χ4n) is 6.47. The van der Waals surface area contributed by atoms with Gasteiger partial charge in [-0.1, -0.05) is 65.6 Å². The van der Waals surface area contributed by atoms with Crippen LogP contribution in [0.4, 0.5) is 8.78 Å². The van der Waals surface area contributed by atoms with Crippen LogP contribution in [0.3, 0.4) is 0 Å². The number of carbonyl (C=O) groups is 2. The molecular formula is C34H47F2N5O2S. The van der Waals surface area contributed by atoms with E-state index in [0.717, 1.165) is 30.9 Å². The molecule has 7 nitrogen and oxygen atoms in total. The van der Waals surface area contributed by atoms with Crippen molar-refractivity contribution in [1.29, 1.82) is 0 Å². The number of rotatable bonds is 10. The van der Waals surface area contributed by atoms with Gasteiger partial charge in [0.25, 0.3) is 11.8 Å². The van der Waals surface area contributed by atoms with Gasteiger partial charge in [-0.3, -0.25) is 20.4 Å². The number of halogens is 2. The van der Waals surface area contributed by atoms with Gasteiger partial charge in [0.05, 0.1) is 6.04 Å². The molecule has 44 heavy (non-hydrogen) atoms. The summed E-state index contributed by atoms with van der Waals surface area (Å²) < 4.78 is 28.7. The predicted molar refractivity (Wildman–Crippen MR) is 174 cm³/mol. The van der Waals surface area contributed by atoms with Crippen molar-refractivity contribution in [3.8, 4) is 0 Å². The lowest BCUT2D eigenvalue weighted by molar-refractivity contribution is -0.134. The molecule has 1 aliphatic heterocycles. The molecule has 2 aliphatic rings. The second-order valence-corrected chi connectivity index (χ2v) is 15.3. The highest BCUT2D eigenvalue weighted by atomic mass is 32.2. The van der Waals surface area contributed by atoms with Crippen molar-refractivity contribution in [3.63, 3.8) is 0 Å². The monoisotopic (exact) mass is 627 g/mol. The first-order chi connectivity index (χ1) is 20.6. The second-order valence-electron chi connectivity index (χ2n) is 14.4. The van der Waals surface area contributed by atoms with Crippen molar-refractivity contribution in [2.45, 2.75) is 91.8 Å². The number of nitrogens with two attached hydrogens (primary N) is 1. The molecule has 0 radical (unpaired) electrons. The molecule has 4 rings (SSSR count). The van der Waals surface area contributed by atoms with Gasteiger partial charge in [-0.25, -0.2) is 13.6 Å². The van der Waals surface area contributed by atoms with E-state index in [2.05, 4.69) is 51.7 Å². The van der Waals surface area contributed by atoms with E-state index in [4.69, 9.17) is 10.8 Å². The minimum atomic E-state index is -0.815. The van der Waals surface area contributed by atoms with Crippen molar-refractivity contribution >= 4 is 29.5 Å². The molecule has 0 saturated heterocycles. The highest BCUT2D eigenvalue weighted by Gasteiger charge is 2.52. The van der Waals surface area contributed by atoms with Gasteiger partial charge in [-0.05, 0) is 85.1 Å². The zero-order valence-electron chi connectivity index (χ0n) is 26.8. The SMILES string of the molecule is CC(C)(C)CCC(c1ccc(C(=O)NCCSNN)cc1)N1C(=O)C(c2cc(F)cc(F)c2)=NC12CCC(C(C)(C)C)CC2. The summed E-state index contributed by atoms with van der Waals surface area (Å²) >= 11 is 1.31. The van der Waals surface area contributed by atoms with Crippen LogP contribution in [0.5, 0.6) is 0 Å². The van der Waals surface area contributed by atoms with Crippen molar-refractivity contribution < 1.29 is 18.4 Å². The first-order valence-electron chi connectivity index (χ1n) is 15.5. The standard InChI is InChI=1S/C34H47F2N5O2S/c1-32(2,3)14-13-28(22-7-9-23(10-8-22)30(42)38-17-18-44-40-37)41-31(43)29(24-19-26(35)21-27(36)20-24)39-34(41)15-11-25(12-16-34)33(4,5)6/h7-10,19-21,25,28,40H,11-18,37H2,1-6H3,(H,38,42). The Kier molecular flexibility index (Phi) is 10.6. The Morgan fingerprint density at radius 2 is 1.68 bits per heavy atom. The molecule has 1 saturated carbocycles. The molecule has 1 aliphatic carbocycles. The maximum Gasteiger partial charge on any atom is 0.275 e. The molecule has 2 aromatic carbocycles. The summed E-state index contributed by atoms with van der Waals surface area (Å²) in [7, 11) is 0. The lowest BCUT2D eigenvalue weighted by Gasteiger charge is -2.47. The minimum absolute atomic E-state index is 0.00365. The van der Waals surface area contributed by atoms with Crippen LogP contribution in [0.2, 0.25) is 0 Å². The number of nitrogens with one attached hydrogen (secondary N) is 2. The van der Waals surface area contributed by atoms with Crippen molar-refractivity contribution in [2.75, 3.05) is 12.3 Å². The summed E-state index contributed by atoms with van der Waals surface area (Å²) in [6.07, 6.45) is 4.64. The molecule has 1 spiro atoms. The highest BCUT2D eigenvalue weighted by Crippen LogP contribution is 2.50. The Morgan fingerprint density at radius 1 is 1.07 bits per heavy atom. The topological polar surface area (TPSA) is 99.8 Å². The Labute approximate surface area is 264 Å². The van der Waals surface area contributed by atoms with Gasteiger partial charge in [0.1, 0.15) is 23.0 Å². The van der Waals surface area contributed by atoms with Gasteiger partial charge < -0.3 is 10.2 Å². The Hall–Kier alpha value is -2.82. The van der Waals surface area contributed by atoms with E-state index in [1.165, 1.54) is 24.1 Å². The molecule has 240 valence electrons. The maximum atomic E-state index is 14.4. The highest BCUT2D eigenvalue weighted by molar-refractivity contribution is 7.97. The van der Waals surface area contributed by atoms with E-state index in [1.54, 1.807) is 12.1 Å². The summed E-state index contributed by atoms with van der Waals surface area (Å²) in [6, 6.07) is 10.3. The average Bonchev–Trinajstić information content (AvgIpc) is 3.21. The molecule has 1 atom stereocenters. The molecule has 1 unspecified atom stereocenters. The van der Waals surface area contributed by atoms with E-state index in [-0.39, 0.29) is 40.0 Å². The summed E-state index contributed by atoms with van der Waals surface area (Å²) in [5.41, 5.74) is 1.01. The number of hydrazine groups is 1. The zero-order chi connectivity index (χ0) is 32.3. The molecule has 1 fully saturated rings. The molecule has 2 aromatic rings. The first-order valence-corrected chi connectivity index (χ1v) is 16.5. The number of benzene rings is 2. The van der Waals surface area contributed by atoms with Gasteiger partial charge in [0, 0.05) is 29.5 Å². The number of hydrogen-bond donors (Lipinski definition) is 3. The van der Waals surface area contributed by atoms with Gasteiger partial charge in [0.15, 0.2) is 0 Å². The van der Waals surface area contributed by atoms with Crippen LogP contribution >= 0.6 is 11.9 Å². The normalized spacial score (nSPS) is 21.5. The summed E-state index contributed by atoms with van der Waals surface area (Å²) in [4.78, 5) is 36.7. The summed E-state index contributed by atoms with van der Waals surface area (Å²) in [6.45, 7) is 13.7. The molecular weight excluding hydrogens is 580 g/mol. The average molecular weight is 628 g/mol. The van der Waals surface area contributed by atoms with E-state index < -0.39 is 17.3 Å². The van der Waals surface area contributed by atoms with Gasteiger partial charge in [0.2, 0.25) is 0 Å². The van der Waals surface area contributed by atoms with Gasteiger partial charge in [-0.2, -0.15) is 0 Å². The van der Waals surface area contributed by atoms with Gasteiger partial charge in [-0.15, -0.1) is 0 Å². The second kappa shape index (κ2) is 13.7. The summed E-state index contributed by atoms with van der Waals surface area (Å²) in [5.74, 6) is 4.40. The minimum Gasteiger partial charge on any atom is -0.351 e. The number of nitrogens with zero attached hydrogens (tertiary/aromatic N) is 2. The summed E-state index contributed by atoms with van der Waals surface area (Å²) in [5, 5.41) is 2.89. The van der Waals surface area contributed by atoms with Crippen LogP contribution in [0.15, 0.2) is 47.5 Å². The molecule has 1 heterocycles. The molecule has 0 bridgehead atoms. The van der Waals surface area contributed by atoms with E-state index in [0.29, 0.717) is 43.0 Å². The lowest BCUT2D eigenvalue weighted by atomic mass is 9.69. The van der Waals surface area contributed by atoms with Crippen LogP contribution in [0.25, 0.3) is 0 Å². The van der Waals surface area contributed by atoms with E-state index >= 15 is 0 Å². The molecule has 10 heteroatoms. The Balaban J connectivity index is 1.73. The van der Waals surface area contributed by atoms with Crippen LogP contribution in [0, 0.1) is 28.4 Å². The van der Waals surface area contributed by atoms with Crippen molar-refractivity contribution in [3.05, 3.63) is 70.8 Å². The number of amides is 2. The van der Waals surface area contributed by atoms with Crippen LogP contribution < -0.4 is 16.0 Å². The van der Waals surface area contributed by atoms with Crippen LogP contribution in [-0.2, 0) is 4.79 Å². The van der Waals surface area contributed by atoms with Crippen molar-refractivity contribution in [2.24, 2.45) is 27.6 Å². The molecule has 2 amide bonds. The Morgan fingerprint density at radius 3 is 2.23 bits per heavy atom.